The number of hydrogen-bond donors (Lipinski definition) is 0. The lowest BCUT2D eigenvalue weighted by atomic mass is 10.1. The Hall–Kier alpha value is -3.57. The van der Waals surface area contributed by atoms with E-state index in [1.807, 2.05) is 44.2 Å². The van der Waals surface area contributed by atoms with Gasteiger partial charge >= 0.3 is 5.69 Å². The van der Waals surface area contributed by atoms with Gasteiger partial charge in [-0.2, -0.15) is 9.78 Å². The highest BCUT2D eigenvalue weighted by Gasteiger charge is 2.22. The van der Waals surface area contributed by atoms with E-state index in [4.69, 9.17) is 9.47 Å². The minimum absolute atomic E-state index is 0.00447. The van der Waals surface area contributed by atoms with Crippen LogP contribution >= 0.6 is 31.9 Å². The zero-order valence-corrected chi connectivity index (χ0v) is 23.3. The van der Waals surface area contributed by atoms with Gasteiger partial charge in [-0.05, 0) is 42.0 Å². The van der Waals surface area contributed by atoms with Crippen molar-refractivity contribution >= 4 is 54.7 Å². The molecule has 3 aromatic carbocycles. The van der Waals surface area contributed by atoms with E-state index in [0.717, 1.165) is 14.5 Å². The first-order chi connectivity index (χ1) is 17.7. The molecular formula is C26H22Br2N4O5. The number of aromatic nitrogens is 2. The zero-order chi connectivity index (χ0) is 26.7. The van der Waals surface area contributed by atoms with Crippen molar-refractivity contribution < 1.29 is 14.4 Å². The third-order valence-electron chi connectivity index (χ3n) is 5.44. The van der Waals surface area contributed by atoms with Gasteiger partial charge in [-0.15, -0.1) is 0 Å². The van der Waals surface area contributed by atoms with Crippen molar-refractivity contribution in [3.63, 3.8) is 0 Å². The van der Waals surface area contributed by atoms with Crippen molar-refractivity contribution in [2.75, 3.05) is 7.11 Å². The summed E-state index contributed by atoms with van der Waals surface area (Å²) in [5, 5.41) is 16.7. The second-order valence-corrected chi connectivity index (χ2v) is 10.2. The van der Waals surface area contributed by atoms with Crippen LogP contribution in [0.25, 0.3) is 10.9 Å². The maximum absolute atomic E-state index is 13.3. The molecule has 4 aromatic rings. The molecule has 0 aliphatic carbocycles. The second kappa shape index (κ2) is 11.2. The number of nitrogens with zero attached hydrogens (tertiary/aromatic N) is 4. The summed E-state index contributed by atoms with van der Waals surface area (Å²) in [6.45, 7) is 3.93. The van der Waals surface area contributed by atoms with Crippen LogP contribution in [0.2, 0.25) is 0 Å². The third-order valence-corrected chi connectivity index (χ3v) is 6.46. The number of ether oxygens (including phenoxy) is 2. The minimum Gasteiger partial charge on any atom is -0.493 e. The van der Waals surface area contributed by atoms with Crippen molar-refractivity contribution in [1.29, 1.82) is 0 Å². The second-order valence-electron chi connectivity index (χ2n) is 8.39. The Kier molecular flexibility index (Phi) is 8.03. The molecule has 190 valence electrons. The van der Waals surface area contributed by atoms with Crippen LogP contribution in [0.3, 0.4) is 0 Å². The van der Waals surface area contributed by atoms with Crippen LogP contribution in [0.1, 0.15) is 36.7 Å². The normalized spacial score (nSPS) is 11.4. The predicted octanol–water partition coefficient (Wildman–Crippen LogP) is 6.42. The van der Waals surface area contributed by atoms with Crippen LogP contribution in [0.15, 0.2) is 73.4 Å². The van der Waals surface area contributed by atoms with Crippen molar-refractivity contribution in [3.05, 3.63) is 101 Å². The molecule has 0 radical (unpaired) electrons. The number of nitro groups is 1. The molecule has 9 nitrogen and oxygen atoms in total. The van der Waals surface area contributed by atoms with Gasteiger partial charge in [0.05, 0.1) is 29.2 Å². The predicted molar refractivity (Wildman–Crippen MR) is 149 cm³/mol. The number of halogens is 2. The Morgan fingerprint density at radius 1 is 1.11 bits per heavy atom. The fourth-order valence-electron chi connectivity index (χ4n) is 3.63. The number of fused-ring (bicyclic) bond motifs is 1. The number of hydrogen-bond acceptors (Lipinski definition) is 7. The lowest BCUT2D eigenvalue weighted by Gasteiger charge is -2.13. The largest absolute Gasteiger partial charge is 0.493 e. The summed E-state index contributed by atoms with van der Waals surface area (Å²) >= 11 is 6.76. The van der Waals surface area contributed by atoms with Crippen molar-refractivity contribution in [2.45, 2.75) is 26.4 Å². The molecule has 0 atom stereocenters. The zero-order valence-electron chi connectivity index (χ0n) is 20.1. The monoisotopic (exact) mass is 628 g/mol. The SMILES string of the molecule is COc1cc(C=Nn2c(C(C)C)nc3ccc(Br)cc3c2=O)cc([N+](=O)[O-])c1OCc1ccc(Br)cc1. The summed E-state index contributed by atoms with van der Waals surface area (Å²) in [4.78, 5) is 29.2. The van der Waals surface area contributed by atoms with Gasteiger partial charge in [0.2, 0.25) is 5.75 Å². The molecule has 0 N–H and O–H groups in total. The molecule has 0 saturated heterocycles. The number of nitro benzene ring substituents is 1. The summed E-state index contributed by atoms with van der Waals surface area (Å²) in [6, 6.07) is 15.6. The molecule has 0 spiro atoms. The van der Waals surface area contributed by atoms with Gasteiger partial charge in [0, 0.05) is 26.5 Å². The average molecular weight is 630 g/mol. The quantitative estimate of drug-likeness (QED) is 0.126. The van der Waals surface area contributed by atoms with Crippen LogP contribution in [0.4, 0.5) is 5.69 Å². The minimum atomic E-state index is -0.544. The number of rotatable bonds is 8. The highest BCUT2D eigenvalue weighted by atomic mass is 79.9. The highest BCUT2D eigenvalue weighted by molar-refractivity contribution is 9.10. The van der Waals surface area contributed by atoms with Crippen LogP contribution in [-0.2, 0) is 6.61 Å². The van der Waals surface area contributed by atoms with Crippen LogP contribution in [-0.4, -0.2) is 27.9 Å². The summed E-state index contributed by atoms with van der Waals surface area (Å²) in [7, 11) is 1.40. The lowest BCUT2D eigenvalue weighted by molar-refractivity contribution is -0.386. The topological polar surface area (TPSA) is 109 Å². The third kappa shape index (κ3) is 5.89. The van der Waals surface area contributed by atoms with Crippen molar-refractivity contribution in [1.82, 2.24) is 9.66 Å². The van der Waals surface area contributed by atoms with Gasteiger partial charge in [-0.25, -0.2) is 4.98 Å². The molecule has 0 aliphatic rings. The molecule has 1 heterocycles. The summed E-state index contributed by atoms with van der Waals surface area (Å²) in [5.74, 6) is 0.540. The molecule has 1 aromatic heterocycles. The first-order valence-electron chi connectivity index (χ1n) is 11.2. The lowest BCUT2D eigenvalue weighted by Crippen LogP contribution is -2.23. The average Bonchev–Trinajstić information content (AvgIpc) is 2.87. The molecule has 0 saturated carbocycles. The Morgan fingerprint density at radius 2 is 1.81 bits per heavy atom. The van der Waals surface area contributed by atoms with Gasteiger partial charge in [-0.3, -0.25) is 14.9 Å². The van der Waals surface area contributed by atoms with E-state index in [0.29, 0.717) is 22.3 Å². The smallest absolute Gasteiger partial charge is 0.315 e. The fourth-order valence-corrected chi connectivity index (χ4v) is 4.25. The van der Waals surface area contributed by atoms with Gasteiger partial charge < -0.3 is 9.47 Å². The Labute approximate surface area is 229 Å². The molecule has 11 heteroatoms. The fraction of sp³-hybridized carbons (Fsp3) is 0.192. The molecule has 37 heavy (non-hydrogen) atoms. The van der Waals surface area contributed by atoms with Crippen LogP contribution < -0.4 is 15.0 Å². The molecule has 0 aliphatic heterocycles. The molecule has 0 fully saturated rings. The maximum atomic E-state index is 13.3. The highest BCUT2D eigenvalue weighted by Crippen LogP contribution is 2.38. The van der Waals surface area contributed by atoms with E-state index in [1.165, 1.54) is 24.1 Å². The summed E-state index contributed by atoms with van der Waals surface area (Å²) < 4.78 is 14.1. The van der Waals surface area contributed by atoms with E-state index in [9.17, 15) is 14.9 Å². The molecule has 0 amide bonds. The van der Waals surface area contributed by atoms with E-state index in [-0.39, 0.29) is 35.3 Å². The Bertz CT molecular complexity index is 1570. The standard InChI is InChI=1S/C26H22Br2N4O5/c1-15(2)25-30-21-9-8-19(28)12-20(21)26(33)31(25)29-13-17-10-22(32(34)35)24(23(11-17)36-3)37-14-16-4-6-18(27)7-5-16/h4-13,15H,14H2,1-3H3. The van der Waals surface area contributed by atoms with Gasteiger partial charge in [0.1, 0.15) is 12.4 Å². The first kappa shape index (κ1) is 26.5. The van der Waals surface area contributed by atoms with Crippen molar-refractivity contribution in [2.24, 2.45) is 5.10 Å². The molecule has 0 unspecified atom stereocenters. The van der Waals surface area contributed by atoms with Gasteiger partial charge in [0.25, 0.3) is 5.56 Å². The first-order valence-corrected chi connectivity index (χ1v) is 12.8. The van der Waals surface area contributed by atoms with E-state index >= 15 is 0 Å². The maximum Gasteiger partial charge on any atom is 0.315 e. The van der Waals surface area contributed by atoms with E-state index in [2.05, 4.69) is 41.9 Å². The number of methoxy groups -OCH3 is 1. The van der Waals surface area contributed by atoms with E-state index < -0.39 is 4.92 Å². The molecular weight excluding hydrogens is 608 g/mol. The van der Waals surface area contributed by atoms with Crippen molar-refractivity contribution in [3.8, 4) is 11.5 Å². The Balaban J connectivity index is 1.75. The van der Waals surface area contributed by atoms with Crippen LogP contribution in [0, 0.1) is 10.1 Å². The van der Waals surface area contributed by atoms with Gasteiger partial charge in [0.15, 0.2) is 5.75 Å². The molecule has 0 bridgehead atoms. The van der Waals surface area contributed by atoms with Gasteiger partial charge in [-0.1, -0.05) is 57.8 Å². The molecule has 4 rings (SSSR count). The summed E-state index contributed by atoms with van der Waals surface area (Å²) in [5.41, 5.74) is 1.13. The summed E-state index contributed by atoms with van der Waals surface area (Å²) in [6.07, 6.45) is 1.37. The number of benzene rings is 3. The Morgan fingerprint density at radius 3 is 2.46 bits per heavy atom. The van der Waals surface area contributed by atoms with Crippen LogP contribution in [0.5, 0.6) is 11.5 Å². The van der Waals surface area contributed by atoms with E-state index in [1.54, 1.807) is 18.2 Å².